The number of halogens is 1. The quantitative estimate of drug-likeness (QED) is 0.621. The van der Waals surface area contributed by atoms with E-state index in [2.05, 4.69) is 17.0 Å². The molecule has 0 bridgehead atoms. The van der Waals surface area contributed by atoms with Gasteiger partial charge in [0.25, 0.3) is 0 Å². The molecule has 2 aromatic carbocycles. The van der Waals surface area contributed by atoms with Crippen LogP contribution < -0.4 is 4.74 Å². The fourth-order valence-corrected chi connectivity index (χ4v) is 6.42. The molecule has 0 aromatic heterocycles. The fourth-order valence-electron chi connectivity index (χ4n) is 4.55. The van der Waals surface area contributed by atoms with Crippen LogP contribution in [0.2, 0.25) is 5.02 Å². The van der Waals surface area contributed by atoms with Crippen molar-refractivity contribution in [3.05, 3.63) is 59.1 Å². The lowest BCUT2D eigenvalue weighted by atomic mass is 9.97. The largest absolute Gasteiger partial charge is 0.495 e. The van der Waals surface area contributed by atoms with Crippen molar-refractivity contribution in [3.63, 3.8) is 0 Å². The van der Waals surface area contributed by atoms with Crippen LogP contribution in [0, 0.1) is 5.92 Å². The first kappa shape index (κ1) is 24.0. The number of carbonyl (C=O) groups excluding carboxylic acids is 1. The standard InChI is InChI=1S/C24H30ClN3O4S/c1-32-23-10-9-21(16-22(23)25)33(30,31)28-11-5-8-20(18-28)24(29)27-14-12-26(13-15-27)17-19-6-3-2-4-7-19/h2-4,6-7,9-10,16,20H,5,8,11-15,17-18H2,1H3/t20-/m0/s1. The van der Waals surface area contributed by atoms with Gasteiger partial charge < -0.3 is 9.64 Å². The van der Waals surface area contributed by atoms with Crippen molar-refractivity contribution in [3.8, 4) is 5.75 Å². The molecule has 0 aliphatic carbocycles. The third-order valence-electron chi connectivity index (χ3n) is 6.43. The molecule has 0 N–H and O–H groups in total. The minimum atomic E-state index is -3.74. The molecule has 2 aliphatic rings. The Morgan fingerprint density at radius 3 is 2.45 bits per heavy atom. The van der Waals surface area contributed by atoms with Gasteiger partial charge >= 0.3 is 0 Å². The van der Waals surface area contributed by atoms with Crippen LogP contribution in [-0.2, 0) is 21.4 Å². The summed E-state index contributed by atoms with van der Waals surface area (Å²) in [6, 6.07) is 14.8. The highest BCUT2D eigenvalue weighted by atomic mass is 35.5. The molecule has 9 heteroatoms. The molecule has 2 fully saturated rings. The van der Waals surface area contributed by atoms with Crippen molar-refractivity contribution in [1.29, 1.82) is 0 Å². The number of sulfonamides is 1. The van der Waals surface area contributed by atoms with Crippen molar-refractivity contribution >= 4 is 27.5 Å². The zero-order valence-corrected chi connectivity index (χ0v) is 20.4. The monoisotopic (exact) mass is 491 g/mol. The molecule has 1 amide bonds. The molecule has 2 aliphatic heterocycles. The summed E-state index contributed by atoms with van der Waals surface area (Å²) in [7, 11) is -2.25. The summed E-state index contributed by atoms with van der Waals surface area (Å²) in [5.74, 6) is 0.165. The van der Waals surface area contributed by atoms with Gasteiger partial charge in [0.15, 0.2) is 0 Å². The second kappa shape index (κ2) is 10.4. The maximum atomic E-state index is 13.2. The van der Waals surface area contributed by atoms with Gasteiger partial charge in [0.2, 0.25) is 15.9 Å². The lowest BCUT2D eigenvalue weighted by molar-refractivity contribution is -0.138. The molecule has 2 heterocycles. The number of amides is 1. The number of piperazine rings is 1. The van der Waals surface area contributed by atoms with Crippen molar-refractivity contribution < 1.29 is 17.9 Å². The van der Waals surface area contributed by atoms with Gasteiger partial charge in [-0.05, 0) is 36.6 Å². The predicted octanol–water partition coefficient (Wildman–Crippen LogP) is 3.09. The van der Waals surface area contributed by atoms with E-state index in [1.807, 2.05) is 23.1 Å². The molecule has 2 saturated heterocycles. The molecular weight excluding hydrogens is 462 g/mol. The maximum Gasteiger partial charge on any atom is 0.243 e. The van der Waals surface area contributed by atoms with Crippen LogP contribution in [0.1, 0.15) is 18.4 Å². The Balaban J connectivity index is 1.36. The lowest BCUT2D eigenvalue weighted by Crippen LogP contribution is -2.52. The summed E-state index contributed by atoms with van der Waals surface area (Å²) in [5, 5.41) is 0.247. The molecule has 2 aromatic rings. The third kappa shape index (κ3) is 5.51. The van der Waals surface area contributed by atoms with Gasteiger partial charge in [0.05, 0.1) is 22.9 Å². The molecule has 4 rings (SSSR count). The minimum Gasteiger partial charge on any atom is -0.495 e. The van der Waals surface area contributed by atoms with E-state index in [0.29, 0.717) is 38.2 Å². The van der Waals surface area contributed by atoms with E-state index in [0.717, 1.165) is 19.6 Å². The smallest absolute Gasteiger partial charge is 0.243 e. The van der Waals surface area contributed by atoms with Crippen molar-refractivity contribution in [2.24, 2.45) is 5.92 Å². The number of rotatable bonds is 6. The van der Waals surface area contributed by atoms with Gasteiger partial charge in [0.1, 0.15) is 5.75 Å². The van der Waals surface area contributed by atoms with Crippen LogP contribution in [0.3, 0.4) is 0 Å². The Morgan fingerprint density at radius 1 is 1.06 bits per heavy atom. The molecule has 0 radical (unpaired) electrons. The normalized spacial score (nSPS) is 20.5. The Labute approximate surface area is 200 Å². The predicted molar refractivity (Wildman–Crippen MR) is 128 cm³/mol. The molecule has 0 unspecified atom stereocenters. The van der Waals surface area contributed by atoms with Gasteiger partial charge in [-0.15, -0.1) is 0 Å². The van der Waals surface area contributed by atoms with Crippen LogP contribution in [-0.4, -0.2) is 74.8 Å². The molecular formula is C24H30ClN3O4S. The zero-order valence-electron chi connectivity index (χ0n) is 18.8. The van der Waals surface area contributed by atoms with E-state index in [4.69, 9.17) is 16.3 Å². The number of hydrogen-bond donors (Lipinski definition) is 0. The summed E-state index contributed by atoms with van der Waals surface area (Å²) < 4.78 is 32.9. The van der Waals surface area contributed by atoms with Gasteiger partial charge in [-0.3, -0.25) is 9.69 Å². The first-order valence-electron chi connectivity index (χ1n) is 11.3. The van der Waals surface area contributed by atoms with E-state index in [9.17, 15) is 13.2 Å². The van der Waals surface area contributed by atoms with Crippen LogP contribution in [0.4, 0.5) is 0 Å². The average molecular weight is 492 g/mol. The molecule has 0 spiro atoms. The maximum absolute atomic E-state index is 13.2. The first-order valence-corrected chi connectivity index (χ1v) is 13.1. The number of methoxy groups -OCH3 is 1. The van der Waals surface area contributed by atoms with Crippen LogP contribution >= 0.6 is 11.6 Å². The number of ether oxygens (including phenoxy) is 1. The fraction of sp³-hybridized carbons (Fsp3) is 0.458. The van der Waals surface area contributed by atoms with Crippen LogP contribution in [0.5, 0.6) is 5.75 Å². The van der Waals surface area contributed by atoms with Crippen molar-refractivity contribution in [1.82, 2.24) is 14.1 Å². The van der Waals surface area contributed by atoms with E-state index in [-0.39, 0.29) is 28.3 Å². The van der Waals surface area contributed by atoms with E-state index in [1.165, 1.54) is 29.1 Å². The van der Waals surface area contributed by atoms with Crippen LogP contribution in [0.15, 0.2) is 53.4 Å². The molecule has 7 nitrogen and oxygen atoms in total. The highest BCUT2D eigenvalue weighted by molar-refractivity contribution is 7.89. The Morgan fingerprint density at radius 2 is 1.79 bits per heavy atom. The molecule has 1 atom stereocenters. The second-order valence-electron chi connectivity index (χ2n) is 8.59. The number of hydrogen-bond acceptors (Lipinski definition) is 5. The summed E-state index contributed by atoms with van der Waals surface area (Å²) in [4.78, 5) is 17.6. The number of piperidine rings is 1. The Kier molecular flexibility index (Phi) is 7.58. The third-order valence-corrected chi connectivity index (χ3v) is 8.58. The molecule has 0 saturated carbocycles. The highest BCUT2D eigenvalue weighted by Gasteiger charge is 2.36. The summed E-state index contributed by atoms with van der Waals surface area (Å²) in [6.45, 7) is 4.46. The summed E-state index contributed by atoms with van der Waals surface area (Å²) in [6.07, 6.45) is 1.37. The molecule has 33 heavy (non-hydrogen) atoms. The van der Waals surface area contributed by atoms with Crippen molar-refractivity contribution in [2.75, 3.05) is 46.4 Å². The summed E-state index contributed by atoms with van der Waals surface area (Å²) in [5.41, 5.74) is 1.27. The summed E-state index contributed by atoms with van der Waals surface area (Å²) >= 11 is 6.15. The van der Waals surface area contributed by atoms with E-state index >= 15 is 0 Å². The SMILES string of the molecule is COc1ccc(S(=O)(=O)N2CCC[C@H](C(=O)N3CCN(Cc4ccccc4)CC3)C2)cc1Cl. The molecule has 178 valence electrons. The van der Waals surface area contributed by atoms with E-state index < -0.39 is 10.0 Å². The van der Waals surface area contributed by atoms with Gasteiger partial charge in [-0.2, -0.15) is 4.31 Å². The van der Waals surface area contributed by atoms with Gasteiger partial charge in [-0.1, -0.05) is 41.9 Å². The Bertz CT molecular complexity index is 1070. The number of benzene rings is 2. The van der Waals surface area contributed by atoms with E-state index in [1.54, 1.807) is 6.07 Å². The van der Waals surface area contributed by atoms with Gasteiger partial charge in [0, 0.05) is 45.8 Å². The van der Waals surface area contributed by atoms with Crippen LogP contribution in [0.25, 0.3) is 0 Å². The average Bonchev–Trinajstić information content (AvgIpc) is 2.84. The topological polar surface area (TPSA) is 70.2 Å². The highest BCUT2D eigenvalue weighted by Crippen LogP contribution is 2.30. The van der Waals surface area contributed by atoms with Gasteiger partial charge in [-0.25, -0.2) is 8.42 Å². The number of nitrogens with zero attached hydrogens (tertiary/aromatic N) is 3. The van der Waals surface area contributed by atoms with Crippen molar-refractivity contribution in [2.45, 2.75) is 24.3 Å². The first-order chi connectivity index (χ1) is 15.9. The second-order valence-corrected chi connectivity index (χ2v) is 10.9. The minimum absolute atomic E-state index is 0.0574. The lowest BCUT2D eigenvalue weighted by Gasteiger charge is -2.38. The zero-order chi connectivity index (χ0) is 23.4. The Hall–Kier alpha value is -2.13. The number of carbonyl (C=O) groups is 1.